The smallest absolute Gasteiger partial charge is 0.247 e. The zero-order valence-corrected chi connectivity index (χ0v) is 7.00. The summed E-state index contributed by atoms with van der Waals surface area (Å²) in [6.07, 6.45) is 1.25. The molecular formula is C10H11NO. The van der Waals surface area contributed by atoms with Gasteiger partial charge in [-0.2, -0.15) is 0 Å². The maximum Gasteiger partial charge on any atom is 0.247 e. The second kappa shape index (κ2) is 3.72. The van der Waals surface area contributed by atoms with Gasteiger partial charge in [-0.25, -0.2) is 0 Å². The largest absolute Gasteiger partial charge is 0.323 e. The van der Waals surface area contributed by atoms with Gasteiger partial charge in [-0.05, 0) is 25.1 Å². The van der Waals surface area contributed by atoms with Gasteiger partial charge >= 0.3 is 0 Å². The van der Waals surface area contributed by atoms with Crippen LogP contribution in [-0.4, -0.2) is 5.91 Å². The number of carbonyl (C=O) groups excluding carboxylic acids is 1. The van der Waals surface area contributed by atoms with E-state index in [1.54, 1.807) is 0 Å². The number of amides is 1. The Morgan fingerprint density at radius 1 is 1.42 bits per heavy atom. The van der Waals surface area contributed by atoms with Crippen LogP contribution in [-0.2, 0) is 4.79 Å². The molecule has 0 radical (unpaired) electrons. The molecule has 0 fully saturated rings. The number of hydrogen-bond donors (Lipinski definition) is 1. The van der Waals surface area contributed by atoms with Crippen LogP contribution in [0.1, 0.15) is 5.56 Å². The first kappa shape index (κ1) is 8.53. The van der Waals surface area contributed by atoms with Gasteiger partial charge in [0, 0.05) is 5.69 Å². The zero-order chi connectivity index (χ0) is 8.97. The molecule has 62 valence electrons. The van der Waals surface area contributed by atoms with Crippen molar-refractivity contribution < 1.29 is 4.79 Å². The van der Waals surface area contributed by atoms with Gasteiger partial charge in [-0.3, -0.25) is 4.79 Å². The van der Waals surface area contributed by atoms with Crippen molar-refractivity contribution >= 4 is 11.6 Å². The zero-order valence-electron chi connectivity index (χ0n) is 7.00. The van der Waals surface area contributed by atoms with Crippen LogP contribution in [0, 0.1) is 6.92 Å². The molecule has 2 nitrogen and oxygen atoms in total. The summed E-state index contributed by atoms with van der Waals surface area (Å²) in [6, 6.07) is 7.60. The monoisotopic (exact) mass is 160 g/mol. The van der Waals surface area contributed by atoms with E-state index in [0.29, 0.717) is 0 Å². The quantitative estimate of drug-likeness (QED) is 0.659. The van der Waals surface area contributed by atoms with Crippen molar-refractivity contribution in [1.82, 2.24) is 0 Å². The molecule has 0 heterocycles. The van der Waals surface area contributed by atoms with Gasteiger partial charge in [0.1, 0.15) is 0 Å². The van der Waals surface area contributed by atoms with Crippen molar-refractivity contribution in [3.63, 3.8) is 0 Å². The Hall–Kier alpha value is -1.57. The second-order valence-corrected chi connectivity index (χ2v) is 2.56. The first-order valence-corrected chi connectivity index (χ1v) is 3.72. The molecule has 0 saturated carbocycles. The number of carbonyl (C=O) groups is 1. The minimum atomic E-state index is -0.182. The fourth-order valence-corrected chi connectivity index (χ4v) is 0.830. The molecule has 1 aromatic carbocycles. The fourth-order valence-electron chi connectivity index (χ4n) is 0.830. The normalized spacial score (nSPS) is 9.08. The van der Waals surface area contributed by atoms with Crippen LogP contribution in [0.25, 0.3) is 0 Å². The molecule has 0 aliphatic rings. The average Bonchev–Trinajstić information content (AvgIpc) is 2.09. The molecule has 12 heavy (non-hydrogen) atoms. The molecule has 0 bridgehead atoms. The lowest BCUT2D eigenvalue weighted by Gasteiger charge is -2.01. The number of aryl methyl sites for hydroxylation is 1. The summed E-state index contributed by atoms with van der Waals surface area (Å²) in [5, 5.41) is 2.66. The van der Waals surface area contributed by atoms with Crippen molar-refractivity contribution in [2.75, 3.05) is 5.32 Å². The predicted molar refractivity (Wildman–Crippen MR) is 50.0 cm³/mol. The summed E-state index contributed by atoms with van der Waals surface area (Å²) in [5.74, 6) is -0.182. The predicted octanol–water partition coefficient (Wildman–Crippen LogP) is 2.12. The van der Waals surface area contributed by atoms with Crippen LogP contribution < -0.4 is 5.32 Å². The number of rotatable bonds is 2. The lowest BCUT2D eigenvalue weighted by molar-refractivity contribution is -0.111. The van der Waals surface area contributed by atoms with Crippen molar-refractivity contribution in [2.24, 2.45) is 0 Å². The van der Waals surface area contributed by atoms with E-state index in [1.165, 1.54) is 11.6 Å². The van der Waals surface area contributed by atoms with Crippen LogP contribution in [0.15, 0.2) is 36.9 Å². The van der Waals surface area contributed by atoms with E-state index in [-0.39, 0.29) is 5.91 Å². The summed E-state index contributed by atoms with van der Waals surface area (Å²) >= 11 is 0. The standard InChI is InChI=1S/C10H11NO/c1-3-10(12)11-9-6-4-8(2)5-7-9/h3-7H,1H2,2H3,(H,11,12)/i10-1. The number of nitrogens with one attached hydrogen (secondary N) is 1. The Balaban J connectivity index is 2.71. The third-order valence-electron chi connectivity index (χ3n) is 1.50. The molecule has 0 aromatic heterocycles. The van der Waals surface area contributed by atoms with E-state index in [9.17, 15) is 4.79 Å². The third-order valence-corrected chi connectivity index (χ3v) is 1.50. The first-order valence-electron chi connectivity index (χ1n) is 3.72. The molecule has 1 N–H and O–H groups in total. The average molecular weight is 160 g/mol. The number of benzene rings is 1. The van der Waals surface area contributed by atoms with E-state index < -0.39 is 0 Å². The van der Waals surface area contributed by atoms with Crippen molar-refractivity contribution in [2.45, 2.75) is 6.92 Å². The molecule has 2 heteroatoms. The summed E-state index contributed by atoms with van der Waals surface area (Å²) in [6.45, 7) is 5.36. The molecule has 1 rings (SSSR count). The van der Waals surface area contributed by atoms with Crippen LogP contribution in [0.5, 0.6) is 0 Å². The Bertz CT molecular complexity index is 287. The van der Waals surface area contributed by atoms with Crippen molar-refractivity contribution in [3.8, 4) is 0 Å². The highest BCUT2D eigenvalue weighted by Gasteiger charge is 1.94. The molecule has 0 aliphatic heterocycles. The molecule has 0 unspecified atom stereocenters. The lowest BCUT2D eigenvalue weighted by Crippen LogP contribution is -2.06. The highest BCUT2D eigenvalue weighted by molar-refractivity contribution is 5.98. The summed E-state index contributed by atoms with van der Waals surface area (Å²) in [4.78, 5) is 10.8. The topological polar surface area (TPSA) is 29.1 Å². The van der Waals surface area contributed by atoms with Crippen LogP contribution >= 0.6 is 0 Å². The number of hydrogen-bond acceptors (Lipinski definition) is 1. The Labute approximate surface area is 71.9 Å². The van der Waals surface area contributed by atoms with Crippen LogP contribution in [0.3, 0.4) is 0 Å². The molecule has 1 amide bonds. The SMILES string of the molecule is C=C[11C](=O)Nc1ccc(C)cc1. The highest BCUT2D eigenvalue weighted by atomic mass is 16.1. The van der Waals surface area contributed by atoms with Gasteiger partial charge in [0.15, 0.2) is 0 Å². The van der Waals surface area contributed by atoms with Gasteiger partial charge < -0.3 is 5.32 Å². The maximum atomic E-state index is 10.8. The second-order valence-electron chi connectivity index (χ2n) is 2.56. The first-order chi connectivity index (χ1) is 5.72. The van der Waals surface area contributed by atoms with Gasteiger partial charge in [0.05, 0.1) is 0 Å². The molecule has 0 atom stereocenters. The van der Waals surface area contributed by atoms with E-state index in [2.05, 4.69) is 11.9 Å². The highest BCUT2D eigenvalue weighted by Crippen LogP contribution is 2.07. The number of anilines is 1. The van der Waals surface area contributed by atoms with Gasteiger partial charge in [0.25, 0.3) is 0 Å². The van der Waals surface area contributed by atoms with Crippen molar-refractivity contribution in [3.05, 3.63) is 42.5 Å². The van der Waals surface area contributed by atoms with Crippen molar-refractivity contribution in [1.29, 1.82) is 0 Å². The maximum absolute atomic E-state index is 10.8. The van der Waals surface area contributed by atoms with Gasteiger partial charge in [-0.1, -0.05) is 24.3 Å². The van der Waals surface area contributed by atoms with Crippen LogP contribution in [0.4, 0.5) is 5.69 Å². The van der Waals surface area contributed by atoms with Gasteiger partial charge in [0.2, 0.25) is 5.91 Å². The van der Waals surface area contributed by atoms with Crippen LogP contribution in [0.2, 0.25) is 0 Å². The van der Waals surface area contributed by atoms with Gasteiger partial charge in [-0.15, -0.1) is 0 Å². The third kappa shape index (κ3) is 2.23. The lowest BCUT2D eigenvalue weighted by atomic mass is 10.0. The molecule has 0 spiro atoms. The van der Waals surface area contributed by atoms with E-state index in [4.69, 9.17) is 0 Å². The summed E-state index contributed by atoms with van der Waals surface area (Å²) in [5.41, 5.74) is 1.97. The summed E-state index contributed by atoms with van der Waals surface area (Å²) in [7, 11) is 0. The Kier molecular flexibility index (Phi) is 2.64. The minimum Gasteiger partial charge on any atom is -0.323 e. The van der Waals surface area contributed by atoms with E-state index in [0.717, 1.165) is 5.69 Å². The Morgan fingerprint density at radius 3 is 2.50 bits per heavy atom. The molecule has 1 aromatic rings. The summed E-state index contributed by atoms with van der Waals surface area (Å²) < 4.78 is 0. The van der Waals surface area contributed by atoms with E-state index >= 15 is 0 Å². The van der Waals surface area contributed by atoms with E-state index in [1.807, 2.05) is 31.2 Å². The molecule has 0 saturated heterocycles. The fraction of sp³-hybridized carbons (Fsp3) is 0.100. The molecular weight excluding hydrogens is 149 g/mol. The Morgan fingerprint density at radius 2 is 2.00 bits per heavy atom. The minimum absolute atomic E-state index is 0.182. The molecule has 0 aliphatic carbocycles.